The molecular weight excluding hydrogens is 451 g/mol. The van der Waals surface area contributed by atoms with Crippen molar-refractivity contribution in [3.05, 3.63) is 62.0 Å². The van der Waals surface area contributed by atoms with Crippen LogP contribution >= 0.6 is 43.5 Å². The van der Waals surface area contributed by atoms with E-state index in [-0.39, 0.29) is 6.61 Å². The van der Waals surface area contributed by atoms with Crippen molar-refractivity contribution in [3.63, 3.8) is 0 Å². The van der Waals surface area contributed by atoms with Gasteiger partial charge in [0.15, 0.2) is 6.61 Å². The molecule has 2 N–H and O–H groups in total. The van der Waals surface area contributed by atoms with Crippen molar-refractivity contribution in [2.45, 2.75) is 0 Å². The molecule has 0 aliphatic carbocycles. The van der Waals surface area contributed by atoms with E-state index in [9.17, 15) is 9.59 Å². The molecular formula is C15H11Br2ClN2O3. The van der Waals surface area contributed by atoms with Gasteiger partial charge < -0.3 is 4.74 Å². The van der Waals surface area contributed by atoms with Crippen molar-refractivity contribution >= 4 is 55.3 Å². The molecule has 2 amide bonds. The van der Waals surface area contributed by atoms with Gasteiger partial charge in [0.05, 0.1) is 10.6 Å². The van der Waals surface area contributed by atoms with Gasteiger partial charge in [-0.2, -0.15) is 0 Å². The average Bonchev–Trinajstić information content (AvgIpc) is 2.52. The van der Waals surface area contributed by atoms with Crippen LogP contribution in [0.25, 0.3) is 0 Å². The second-order valence-corrected chi connectivity index (χ2v) is 6.52. The summed E-state index contributed by atoms with van der Waals surface area (Å²) in [7, 11) is 0. The van der Waals surface area contributed by atoms with Gasteiger partial charge in [0, 0.05) is 8.95 Å². The van der Waals surface area contributed by atoms with Gasteiger partial charge in [0.1, 0.15) is 5.75 Å². The predicted octanol–water partition coefficient (Wildman–Crippen LogP) is 3.71. The minimum atomic E-state index is -0.510. The zero-order valence-corrected chi connectivity index (χ0v) is 15.5. The van der Waals surface area contributed by atoms with Crippen LogP contribution in [-0.4, -0.2) is 18.4 Å². The number of ether oxygens (including phenoxy) is 1. The van der Waals surface area contributed by atoms with Crippen LogP contribution in [0.1, 0.15) is 10.4 Å². The van der Waals surface area contributed by atoms with E-state index < -0.39 is 11.8 Å². The van der Waals surface area contributed by atoms with Gasteiger partial charge in [0.25, 0.3) is 11.8 Å². The van der Waals surface area contributed by atoms with Crippen LogP contribution in [0.2, 0.25) is 5.02 Å². The SMILES string of the molecule is O=C(COc1ccc(Br)cc1Cl)NNC(=O)c1ccccc1Br. The molecule has 2 rings (SSSR count). The lowest BCUT2D eigenvalue weighted by Crippen LogP contribution is -2.43. The summed E-state index contributed by atoms with van der Waals surface area (Å²) in [5.41, 5.74) is 4.99. The number of carbonyl (C=O) groups excluding carboxylic acids is 2. The Morgan fingerprint density at radius 3 is 2.52 bits per heavy atom. The highest BCUT2D eigenvalue weighted by Gasteiger charge is 2.11. The van der Waals surface area contributed by atoms with Crippen molar-refractivity contribution in [1.82, 2.24) is 10.9 Å². The van der Waals surface area contributed by atoms with E-state index in [1.165, 1.54) is 0 Å². The maximum Gasteiger partial charge on any atom is 0.276 e. The van der Waals surface area contributed by atoms with Crippen molar-refractivity contribution in [1.29, 1.82) is 0 Å². The van der Waals surface area contributed by atoms with Crippen molar-refractivity contribution in [2.75, 3.05) is 6.61 Å². The molecule has 2 aromatic rings. The zero-order valence-electron chi connectivity index (χ0n) is 11.6. The molecule has 23 heavy (non-hydrogen) atoms. The number of hydrogen-bond acceptors (Lipinski definition) is 3. The molecule has 5 nitrogen and oxygen atoms in total. The highest BCUT2D eigenvalue weighted by molar-refractivity contribution is 9.10. The van der Waals surface area contributed by atoms with Crippen LogP contribution < -0.4 is 15.6 Å². The molecule has 120 valence electrons. The summed E-state index contributed by atoms with van der Waals surface area (Å²) in [6.07, 6.45) is 0. The molecule has 0 unspecified atom stereocenters. The van der Waals surface area contributed by atoms with Crippen LogP contribution in [0, 0.1) is 0 Å². The minimum absolute atomic E-state index is 0.280. The van der Waals surface area contributed by atoms with Crippen LogP contribution in [0.15, 0.2) is 51.4 Å². The minimum Gasteiger partial charge on any atom is -0.482 e. The van der Waals surface area contributed by atoms with Crippen molar-refractivity contribution in [3.8, 4) is 5.75 Å². The van der Waals surface area contributed by atoms with E-state index in [0.29, 0.717) is 20.8 Å². The fourth-order valence-corrected chi connectivity index (χ4v) is 2.80. The van der Waals surface area contributed by atoms with E-state index in [2.05, 4.69) is 42.7 Å². The summed E-state index contributed by atoms with van der Waals surface area (Å²) in [6.45, 7) is -0.280. The first-order valence-corrected chi connectivity index (χ1v) is 8.35. The van der Waals surface area contributed by atoms with Gasteiger partial charge in [-0.1, -0.05) is 39.7 Å². The van der Waals surface area contributed by atoms with Gasteiger partial charge in [-0.3, -0.25) is 20.4 Å². The third-order valence-corrected chi connectivity index (χ3v) is 4.17. The second kappa shape index (κ2) is 8.33. The van der Waals surface area contributed by atoms with Crippen molar-refractivity contribution < 1.29 is 14.3 Å². The van der Waals surface area contributed by atoms with Gasteiger partial charge in [0.2, 0.25) is 0 Å². The molecule has 0 aliphatic heterocycles. The van der Waals surface area contributed by atoms with E-state index in [1.54, 1.807) is 42.5 Å². The third kappa shape index (κ3) is 5.23. The molecule has 0 saturated carbocycles. The van der Waals surface area contributed by atoms with Crippen molar-refractivity contribution in [2.24, 2.45) is 0 Å². The molecule has 0 fully saturated rings. The van der Waals surface area contributed by atoms with Crippen LogP contribution in [-0.2, 0) is 4.79 Å². The Morgan fingerprint density at radius 2 is 1.83 bits per heavy atom. The Hall–Kier alpha value is -1.57. The number of carbonyl (C=O) groups is 2. The number of benzene rings is 2. The Kier molecular flexibility index (Phi) is 6.44. The molecule has 0 heterocycles. The number of rotatable bonds is 4. The normalized spacial score (nSPS) is 10.0. The summed E-state index contributed by atoms with van der Waals surface area (Å²) < 4.78 is 6.72. The van der Waals surface area contributed by atoms with Gasteiger partial charge in [-0.15, -0.1) is 0 Å². The number of nitrogens with one attached hydrogen (secondary N) is 2. The quantitative estimate of drug-likeness (QED) is 0.681. The van der Waals surface area contributed by atoms with Gasteiger partial charge >= 0.3 is 0 Å². The first-order valence-electron chi connectivity index (χ1n) is 6.39. The van der Waals surface area contributed by atoms with Crippen LogP contribution in [0.3, 0.4) is 0 Å². The first kappa shape index (κ1) is 17.8. The lowest BCUT2D eigenvalue weighted by Gasteiger charge is -2.10. The number of halogens is 3. The van der Waals surface area contributed by atoms with Crippen LogP contribution in [0.5, 0.6) is 5.75 Å². The Labute approximate surface area is 154 Å². The molecule has 0 atom stereocenters. The monoisotopic (exact) mass is 460 g/mol. The molecule has 0 aromatic heterocycles. The summed E-state index contributed by atoms with van der Waals surface area (Å²) in [5, 5.41) is 0.379. The molecule has 8 heteroatoms. The predicted molar refractivity (Wildman–Crippen MR) is 94.4 cm³/mol. The summed E-state index contributed by atoms with van der Waals surface area (Å²) in [6, 6.07) is 11.9. The van der Waals surface area contributed by atoms with Gasteiger partial charge in [-0.05, 0) is 46.3 Å². The van der Waals surface area contributed by atoms with Crippen LogP contribution in [0.4, 0.5) is 0 Å². The Balaban J connectivity index is 1.83. The summed E-state index contributed by atoms with van der Waals surface area (Å²) in [5.74, 6) is -0.570. The summed E-state index contributed by atoms with van der Waals surface area (Å²) >= 11 is 12.5. The number of hydrogen-bond donors (Lipinski definition) is 2. The molecule has 2 aromatic carbocycles. The van der Waals surface area contributed by atoms with E-state index >= 15 is 0 Å². The fraction of sp³-hybridized carbons (Fsp3) is 0.0667. The number of hydrazine groups is 1. The molecule has 0 radical (unpaired) electrons. The Bertz CT molecular complexity index is 740. The fourth-order valence-electron chi connectivity index (χ4n) is 1.61. The second-order valence-electron chi connectivity index (χ2n) is 4.35. The maximum atomic E-state index is 11.9. The highest BCUT2D eigenvalue weighted by atomic mass is 79.9. The molecule has 0 saturated heterocycles. The van der Waals surface area contributed by atoms with E-state index in [0.717, 1.165) is 4.47 Å². The van der Waals surface area contributed by atoms with E-state index in [4.69, 9.17) is 16.3 Å². The standard InChI is InChI=1S/C15H11Br2ClN2O3/c16-9-5-6-13(12(18)7-9)23-8-14(21)19-20-15(22)10-3-1-2-4-11(10)17/h1-7H,8H2,(H,19,21)(H,20,22). The smallest absolute Gasteiger partial charge is 0.276 e. The lowest BCUT2D eigenvalue weighted by molar-refractivity contribution is -0.123. The highest BCUT2D eigenvalue weighted by Crippen LogP contribution is 2.27. The molecule has 0 bridgehead atoms. The number of amides is 2. The van der Waals surface area contributed by atoms with Gasteiger partial charge in [-0.25, -0.2) is 0 Å². The largest absolute Gasteiger partial charge is 0.482 e. The Morgan fingerprint density at radius 1 is 1.09 bits per heavy atom. The van der Waals surface area contributed by atoms with E-state index in [1.807, 2.05) is 0 Å². The average molecular weight is 463 g/mol. The molecule has 0 spiro atoms. The summed E-state index contributed by atoms with van der Waals surface area (Å²) in [4.78, 5) is 23.6. The topological polar surface area (TPSA) is 67.4 Å². The zero-order chi connectivity index (χ0) is 16.8. The maximum absolute atomic E-state index is 11.9. The third-order valence-electron chi connectivity index (χ3n) is 2.69. The first-order chi connectivity index (χ1) is 11.0. The lowest BCUT2D eigenvalue weighted by atomic mass is 10.2. The molecule has 0 aliphatic rings.